The molecule has 0 spiro atoms. The molecule has 2 nitrogen and oxygen atoms in total. The molecular formula is C14H20F3NO. The second-order valence-corrected chi connectivity index (χ2v) is 5.32. The van der Waals surface area contributed by atoms with Crippen molar-refractivity contribution in [3.8, 4) is 5.75 Å². The zero-order valence-electron chi connectivity index (χ0n) is 11.5. The highest BCUT2D eigenvalue weighted by Crippen LogP contribution is 2.23. The minimum Gasteiger partial charge on any atom is -0.406 e. The molecule has 0 aliphatic carbocycles. The van der Waals surface area contributed by atoms with Gasteiger partial charge in [0.05, 0.1) is 0 Å². The van der Waals surface area contributed by atoms with Crippen LogP contribution in [0.2, 0.25) is 0 Å². The maximum Gasteiger partial charge on any atom is 0.573 e. The Balaban J connectivity index is 2.53. The van der Waals surface area contributed by atoms with Gasteiger partial charge in [-0.05, 0) is 29.5 Å². The van der Waals surface area contributed by atoms with Gasteiger partial charge in [0.1, 0.15) is 5.75 Å². The summed E-state index contributed by atoms with van der Waals surface area (Å²) in [6, 6.07) is 6.03. The van der Waals surface area contributed by atoms with Crippen molar-refractivity contribution in [1.82, 2.24) is 5.32 Å². The third-order valence-electron chi connectivity index (χ3n) is 3.02. The summed E-state index contributed by atoms with van der Waals surface area (Å²) in [5.41, 5.74) is 0.953. The van der Waals surface area contributed by atoms with Crippen molar-refractivity contribution in [2.75, 3.05) is 6.54 Å². The summed E-state index contributed by atoms with van der Waals surface area (Å²) in [7, 11) is 0. The molecule has 0 saturated heterocycles. The van der Waals surface area contributed by atoms with E-state index in [1.54, 1.807) is 12.1 Å². The third-order valence-corrected chi connectivity index (χ3v) is 3.02. The highest BCUT2D eigenvalue weighted by molar-refractivity contribution is 5.28. The van der Waals surface area contributed by atoms with Crippen molar-refractivity contribution in [2.24, 2.45) is 5.41 Å². The number of nitrogens with one attached hydrogen (secondary N) is 1. The zero-order valence-corrected chi connectivity index (χ0v) is 11.5. The summed E-state index contributed by atoms with van der Waals surface area (Å²) in [5, 5.41) is 3.25. The first-order chi connectivity index (χ1) is 8.72. The van der Waals surface area contributed by atoms with E-state index in [0.717, 1.165) is 18.5 Å². The van der Waals surface area contributed by atoms with Gasteiger partial charge in [0.15, 0.2) is 0 Å². The van der Waals surface area contributed by atoms with Gasteiger partial charge >= 0.3 is 6.36 Å². The lowest BCUT2D eigenvalue weighted by atomic mass is 9.90. The molecule has 0 aromatic heterocycles. The molecule has 0 saturated carbocycles. The number of benzene rings is 1. The number of halogens is 3. The van der Waals surface area contributed by atoms with E-state index in [0.29, 0.717) is 6.54 Å². The molecule has 0 amide bonds. The van der Waals surface area contributed by atoms with Crippen molar-refractivity contribution >= 4 is 0 Å². The molecule has 0 heterocycles. The summed E-state index contributed by atoms with van der Waals surface area (Å²) in [6.45, 7) is 7.73. The topological polar surface area (TPSA) is 21.3 Å². The number of alkyl halides is 3. The minimum atomic E-state index is -4.64. The Bertz CT molecular complexity index is 402. The molecule has 1 rings (SSSR count). The molecule has 108 valence electrons. The van der Waals surface area contributed by atoms with Gasteiger partial charge in [-0.2, -0.15) is 0 Å². The van der Waals surface area contributed by atoms with E-state index in [9.17, 15) is 13.2 Å². The van der Waals surface area contributed by atoms with E-state index in [2.05, 4.69) is 30.8 Å². The molecule has 0 bridgehead atoms. The molecule has 1 aromatic carbocycles. The van der Waals surface area contributed by atoms with Crippen LogP contribution in [-0.4, -0.2) is 12.9 Å². The van der Waals surface area contributed by atoms with E-state index in [-0.39, 0.29) is 11.2 Å². The van der Waals surface area contributed by atoms with Gasteiger partial charge in [-0.25, -0.2) is 0 Å². The van der Waals surface area contributed by atoms with Gasteiger partial charge in [-0.1, -0.05) is 32.9 Å². The van der Waals surface area contributed by atoms with Crippen LogP contribution in [-0.2, 0) is 6.54 Å². The summed E-state index contributed by atoms with van der Waals surface area (Å²) >= 11 is 0. The Morgan fingerprint density at radius 2 is 1.89 bits per heavy atom. The van der Waals surface area contributed by atoms with Crippen molar-refractivity contribution in [3.05, 3.63) is 29.8 Å². The first-order valence-corrected chi connectivity index (χ1v) is 6.27. The molecule has 0 atom stereocenters. The molecule has 0 aliphatic heterocycles. The lowest BCUT2D eigenvalue weighted by molar-refractivity contribution is -0.274. The number of hydrogen-bond donors (Lipinski definition) is 1. The van der Waals surface area contributed by atoms with Crippen LogP contribution in [0, 0.1) is 5.41 Å². The normalized spacial score (nSPS) is 12.5. The van der Waals surface area contributed by atoms with Crippen LogP contribution in [0.3, 0.4) is 0 Å². The van der Waals surface area contributed by atoms with E-state index in [1.165, 1.54) is 12.1 Å². The monoisotopic (exact) mass is 275 g/mol. The average Bonchev–Trinajstić information content (AvgIpc) is 2.27. The van der Waals surface area contributed by atoms with Gasteiger partial charge in [0, 0.05) is 13.1 Å². The Labute approximate surface area is 112 Å². The van der Waals surface area contributed by atoms with Crippen LogP contribution < -0.4 is 10.1 Å². The largest absolute Gasteiger partial charge is 0.573 e. The van der Waals surface area contributed by atoms with Gasteiger partial charge in [-0.15, -0.1) is 13.2 Å². The van der Waals surface area contributed by atoms with Crippen molar-refractivity contribution in [2.45, 2.75) is 40.1 Å². The molecule has 5 heteroatoms. The van der Waals surface area contributed by atoms with Crippen LogP contribution in [0.5, 0.6) is 5.75 Å². The quantitative estimate of drug-likeness (QED) is 0.843. The van der Waals surface area contributed by atoms with Crippen LogP contribution in [0.4, 0.5) is 13.2 Å². The SMILES string of the molecule is CCC(C)(C)CNCc1cccc(OC(F)(F)F)c1. The van der Waals surface area contributed by atoms with Crippen molar-refractivity contribution in [3.63, 3.8) is 0 Å². The maximum atomic E-state index is 12.1. The predicted molar refractivity (Wildman–Crippen MR) is 68.9 cm³/mol. The molecule has 1 aromatic rings. The lowest BCUT2D eigenvalue weighted by Gasteiger charge is -2.23. The van der Waals surface area contributed by atoms with Crippen LogP contribution in [0.1, 0.15) is 32.8 Å². The van der Waals surface area contributed by atoms with E-state index < -0.39 is 6.36 Å². The Morgan fingerprint density at radius 3 is 2.47 bits per heavy atom. The fourth-order valence-electron chi connectivity index (χ4n) is 1.52. The molecule has 0 aliphatic rings. The number of rotatable bonds is 6. The van der Waals surface area contributed by atoms with Crippen molar-refractivity contribution in [1.29, 1.82) is 0 Å². The second-order valence-electron chi connectivity index (χ2n) is 5.32. The average molecular weight is 275 g/mol. The maximum absolute atomic E-state index is 12.1. The standard InChI is InChI=1S/C14H20F3NO/c1-4-13(2,3)10-18-9-11-6-5-7-12(8-11)19-14(15,16)17/h5-8,18H,4,9-10H2,1-3H3. The summed E-state index contributed by atoms with van der Waals surface area (Å²) < 4.78 is 40.2. The lowest BCUT2D eigenvalue weighted by Crippen LogP contribution is -2.28. The smallest absolute Gasteiger partial charge is 0.406 e. The Kier molecular flexibility index (Phi) is 5.23. The fourth-order valence-corrected chi connectivity index (χ4v) is 1.52. The first kappa shape index (κ1) is 15.8. The summed E-state index contributed by atoms with van der Waals surface area (Å²) in [4.78, 5) is 0. The highest BCUT2D eigenvalue weighted by atomic mass is 19.4. The molecule has 1 N–H and O–H groups in total. The van der Waals surface area contributed by atoms with E-state index in [1.807, 2.05) is 0 Å². The van der Waals surface area contributed by atoms with Crippen LogP contribution >= 0.6 is 0 Å². The third kappa shape index (κ3) is 6.47. The second kappa shape index (κ2) is 6.28. The number of hydrogen-bond acceptors (Lipinski definition) is 2. The van der Waals surface area contributed by atoms with Gasteiger partial charge in [0.2, 0.25) is 0 Å². The van der Waals surface area contributed by atoms with Crippen molar-refractivity contribution < 1.29 is 17.9 Å². The summed E-state index contributed by atoms with van der Waals surface area (Å²) in [6.07, 6.45) is -3.60. The highest BCUT2D eigenvalue weighted by Gasteiger charge is 2.31. The Hall–Kier alpha value is -1.23. The zero-order chi connectivity index (χ0) is 14.5. The molecule has 19 heavy (non-hydrogen) atoms. The Morgan fingerprint density at radius 1 is 1.21 bits per heavy atom. The van der Waals surface area contributed by atoms with Crippen LogP contribution in [0.15, 0.2) is 24.3 Å². The minimum absolute atomic E-state index is 0.179. The molecule has 0 fully saturated rings. The van der Waals surface area contributed by atoms with Gasteiger partial charge < -0.3 is 10.1 Å². The fraction of sp³-hybridized carbons (Fsp3) is 0.571. The summed E-state index contributed by atoms with van der Waals surface area (Å²) in [5.74, 6) is -0.179. The molecule has 0 radical (unpaired) electrons. The van der Waals surface area contributed by atoms with Crippen LogP contribution in [0.25, 0.3) is 0 Å². The van der Waals surface area contributed by atoms with E-state index in [4.69, 9.17) is 0 Å². The predicted octanol–water partition coefficient (Wildman–Crippen LogP) is 4.11. The van der Waals surface area contributed by atoms with Gasteiger partial charge in [-0.3, -0.25) is 0 Å². The molecule has 0 unspecified atom stereocenters. The van der Waals surface area contributed by atoms with Gasteiger partial charge in [0.25, 0.3) is 0 Å². The number of ether oxygens (including phenoxy) is 1. The molecular weight excluding hydrogens is 255 g/mol. The van der Waals surface area contributed by atoms with E-state index >= 15 is 0 Å². The first-order valence-electron chi connectivity index (χ1n) is 6.27.